The molecular formula is C21H14F2N6O4. The third-order valence-corrected chi connectivity index (χ3v) is 4.64. The molecule has 0 aliphatic rings. The number of carbonyl (C=O) groups excluding carboxylic acids is 1. The van der Waals surface area contributed by atoms with Crippen LogP contribution in [0.2, 0.25) is 0 Å². The maximum atomic E-state index is 14.1. The monoisotopic (exact) mass is 452 g/mol. The number of hydrogen-bond acceptors (Lipinski definition) is 6. The molecule has 4 aromatic rings. The van der Waals surface area contributed by atoms with Crippen LogP contribution < -0.4 is 16.3 Å². The third-order valence-electron chi connectivity index (χ3n) is 4.64. The highest BCUT2D eigenvalue weighted by Gasteiger charge is 2.27. The van der Waals surface area contributed by atoms with E-state index in [1.54, 1.807) is 18.2 Å². The summed E-state index contributed by atoms with van der Waals surface area (Å²) >= 11 is 0. The zero-order valence-electron chi connectivity index (χ0n) is 16.6. The molecule has 1 aromatic heterocycles. The Morgan fingerprint density at radius 2 is 1.58 bits per heavy atom. The number of carboxylic acids is 1. The number of nitrogen functional groups attached to an aromatic ring is 1. The van der Waals surface area contributed by atoms with Crippen LogP contribution in [0, 0.1) is 11.6 Å². The zero-order chi connectivity index (χ0) is 23.7. The molecule has 0 spiro atoms. The Hall–Kier alpha value is -4.87. The number of para-hydroxylation sites is 2. The lowest BCUT2D eigenvalue weighted by Gasteiger charge is -2.22. The van der Waals surface area contributed by atoms with Crippen LogP contribution in [0.4, 0.5) is 30.6 Å². The average molecular weight is 452 g/mol. The molecule has 12 heteroatoms. The maximum absolute atomic E-state index is 14.1. The molecule has 1 amide bonds. The number of nitrogens with two attached hydrogens (primary N) is 1. The first-order valence-corrected chi connectivity index (χ1v) is 9.31. The number of carboxylic acid groups (broad SMARTS) is 1. The van der Waals surface area contributed by atoms with E-state index in [2.05, 4.69) is 10.4 Å². The molecule has 166 valence electrons. The van der Waals surface area contributed by atoms with Crippen LogP contribution in [-0.2, 0) is 0 Å². The van der Waals surface area contributed by atoms with Gasteiger partial charge in [0.2, 0.25) is 0 Å². The molecule has 0 fully saturated rings. The number of halogens is 2. The molecule has 0 bridgehead atoms. The minimum atomic E-state index is -1.33. The van der Waals surface area contributed by atoms with E-state index in [4.69, 9.17) is 5.73 Å². The first kappa shape index (κ1) is 21.4. The van der Waals surface area contributed by atoms with E-state index in [9.17, 15) is 28.3 Å². The van der Waals surface area contributed by atoms with Gasteiger partial charge in [-0.2, -0.15) is 4.68 Å². The fourth-order valence-corrected chi connectivity index (χ4v) is 3.11. The van der Waals surface area contributed by atoms with Crippen molar-refractivity contribution in [2.75, 3.05) is 10.6 Å². The van der Waals surface area contributed by atoms with E-state index in [1.807, 2.05) is 0 Å². The van der Waals surface area contributed by atoms with Crippen molar-refractivity contribution in [2.45, 2.75) is 0 Å². The predicted molar refractivity (Wildman–Crippen MR) is 113 cm³/mol. The number of nitrogens with zero attached hydrogens (tertiary/aromatic N) is 5. The molecule has 4 rings (SSSR count). The van der Waals surface area contributed by atoms with Crippen LogP contribution in [0.3, 0.4) is 0 Å². The number of aromatic carboxylic acids is 1. The fraction of sp³-hybridized carbons (Fsp3) is 0. The van der Waals surface area contributed by atoms with E-state index in [-0.39, 0.29) is 22.6 Å². The second-order valence-corrected chi connectivity index (χ2v) is 6.69. The van der Waals surface area contributed by atoms with Gasteiger partial charge in [0.1, 0.15) is 5.69 Å². The SMILES string of the molecule is Nc1ccc(N(C(=O)n2nnn(-c3c(F)cccc3F)c2=O)c2ccccc2)cc1C(=O)O. The summed E-state index contributed by atoms with van der Waals surface area (Å²) in [4.78, 5) is 38.7. The molecule has 0 aliphatic carbocycles. The summed E-state index contributed by atoms with van der Waals surface area (Å²) in [5.41, 5.74) is 3.66. The van der Waals surface area contributed by atoms with E-state index < -0.39 is 35.0 Å². The van der Waals surface area contributed by atoms with E-state index in [1.165, 1.54) is 24.3 Å². The predicted octanol–water partition coefficient (Wildman–Crippen LogP) is 2.79. The number of amides is 1. The van der Waals surface area contributed by atoms with Gasteiger partial charge in [0.05, 0.1) is 16.9 Å². The number of tetrazole rings is 1. The van der Waals surface area contributed by atoms with Crippen molar-refractivity contribution < 1.29 is 23.5 Å². The lowest BCUT2D eigenvalue weighted by Crippen LogP contribution is -2.39. The normalized spacial score (nSPS) is 10.7. The smallest absolute Gasteiger partial charge is 0.377 e. The molecule has 33 heavy (non-hydrogen) atoms. The maximum Gasteiger partial charge on any atom is 0.377 e. The van der Waals surface area contributed by atoms with Gasteiger partial charge in [-0.3, -0.25) is 4.90 Å². The molecule has 0 radical (unpaired) electrons. The summed E-state index contributed by atoms with van der Waals surface area (Å²) in [6.07, 6.45) is 0. The molecule has 10 nitrogen and oxygen atoms in total. The van der Waals surface area contributed by atoms with Crippen molar-refractivity contribution in [2.24, 2.45) is 0 Å². The Morgan fingerprint density at radius 3 is 2.21 bits per heavy atom. The molecule has 0 unspecified atom stereocenters. The highest BCUT2D eigenvalue weighted by Crippen LogP contribution is 2.29. The van der Waals surface area contributed by atoms with Crippen LogP contribution >= 0.6 is 0 Å². The first-order valence-electron chi connectivity index (χ1n) is 9.31. The number of aromatic nitrogens is 4. The number of carbonyl (C=O) groups is 2. The number of anilines is 3. The van der Waals surface area contributed by atoms with Gasteiger partial charge in [-0.25, -0.2) is 23.2 Å². The molecule has 0 saturated carbocycles. The van der Waals surface area contributed by atoms with Crippen molar-refractivity contribution in [3.63, 3.8) is 0 Å². The van der Waals surface area contributed by atoms with Crippen molar-refractivity contribution >= 4 is 29.1 Å². The van der Waals surface area contributed by atoms with Gasteiger partial charge in [-0.05, 0) is 52.9 Å². The van der Waals surface area contributed by atoms with Gasteiger partial charge in [0.25, 0.3) is 0 Å². The van der Waals surface area contributed by atoms with Crippen molar-refractivity contribution in [1.82, 2.24) is 19.8 Å². The summed E-state index contributed by atoms with van der Waals surface area (Å²) in [5.74, 6) is -3.49. The van der Waals surface area contributed by atoms with Crippen LogP contribution in [0.5, 0.6) is 0 Å². The molecular weight excluding hydrogens is 438 g/mol. The highest BCUT2D eigenvalue weighted by molar-refractivity contribution is 6.02. The average Bonchev–Trinajstić information content (AvgIpc) is 3.16. The van der Waals surface area contributed by atoms with E-state index in [0.29, 0.717) is 9.36 Å². The molecule has 1 heterocycles. The summed E-state index contributed by atoms with van der Waals surface area (Å²) in [5, 5.41) is 16.3. The Labute approximate surface area is 183 Å². The molecule has 0 atom stereocenters. The van der Waals surface area contributed by atoms with Crippen molar-refractivity contribution in [1.29, 1.82) is 0 Å². The Bertz CT molecular complexity index is 1410. The van der Waals surface area contributed by atoms with Gasteiger partial charge in [-0.15, -0.1) is 4.68 Å². The fourth-order valence-electron chi connectivity index (χ4n) is 3.11. The first-order chi connectivity index (χ1) is 15.8. The number of hydrogen-bond donors (Lipinski definition) is 2. The van der Waals surface area contributed by atoms with E-state index in [0.717, 1.165) is 29.2 Å². The lowest BCUT2D eigenvalue weighted by molar-refractivity contribution is 0.0698. The third kappa shape index (κ3) is 3.80. The van der Waals surface area contributed by atoms with Gasteiger partial charge in [-0.1, -0.05) is 24.3 Å². The van der Waals surface area contributed by atoms with Crippen molar-refractivity contribution in [3.8, 4) is 5.69 Å². The van der Waals surface area contributed by atoms with Gasteiger partial charge < -0.3 is 10.8 Å². The Morgan fingerprint density at radius 1 is 0.909 bits per heavy atom. The number of rotatable bonds is 4. The summed E-state index contributed by atoms with van der Waals surface area (Å²) in [7, 11) is 0. The van der Waals surface area contributed by atoms with Gasteiger partial charge >= 0.3 is 17.7 Å². The topological polar surface area (TPSA) is 136 Å². The molecule has 3 N–H and O–H groups in total. The van der Waals surface area contributed by atoms with Crippen LogP contribution in [0.25, 0.3) is 5.69 Å². The summed E-state index contributed by atoms with van der Waals surface area (Å²) in [6.45, 7) is 0. The Kier molecular flexibility index (Phi) is 5.40. The second-order valence-electron chi connectivity index (χ2n) is 6.69. The lowest BCUT2D eigenvalue weighted by atomic mass is 10.1. The summed E-state index contributed by atoms with van der Waals surface area (Å²) in [6, 6.07) is 13.6. The molecule has 0 aliphatic heterocycles. The second kappa shape index (κ2) is 8.34. The van der Waals surface area contributed by atoms with Crippen LogP contribution in [-0.4, -0.2) is 36.9 Å². The largest absolute Gasteiger partial charge is 0.478 e. The molecule has 3 aromatic carbocycles. The zero-order valence-corrected chi connectivity index (χ0v) is 16.6. The number of benzene rings is 3. The quantitative estimate of drug-likeness (QED) is 0.359. The molecule has 0 saturated heterocycles. The minimum absolute atomic E-state index is 0.0372. The standard InChI is InChI=1S/C21H14F2N6O4/c22-15-7-4-8-16(23)18(15)28-21(33)29(26-25-28)20(32)27(12-5-2-1-3-6-12)13-9-10-17(24)14(11-13)19(30)31/h1-11H,24H2,(H,30,31). The van der Waals surface area contributed by atoms with Crippen LogP contribution in [0.1, 0.15) is 10.4 Å². The van der Waals surface area contributed by atoms with Crippen molar-refractivity contribution in [3.05, 3.63) is 94.4 Å². The van der Waals surface area contributed by atoms with E-state index >= 15 is 0 Å². The minimum Gasteiger partial charge on any atom is -0.478 e. The van der Waals surface area contributed by atoms with Gasteiger partial charge in [0.15, 0.2) is 11.6 Å². The highest BCUT2D eigenvalue weighted by atomic mass is 19.1. The van der Waals surface area contributed by atoms with Crippen LogP contribution in [0.15, 0.2) is 71.5 Å². The Balaban J connectivity index is 1.86. The summed E-state index contributed by atoms with van der Waals surface area (Å²) < 4.78 is 28.9. The van der Waals surface area contributed by atoms with Gasteiger partial charge in [0, 0.05) is 5.69 Å².